The number of benzene rings is 1. The van der Waals surface area contributed by atoms with Crippen LogP contribution >= 0.6 is 11.6 Å². The number of hydrogen-bond donors (Lipinski definition) is 0. The van der Waals surface area contributed by atoms with E-state index >= 15 is 0 Å². The van der Waals surface area contributed by atoms with E-state index in [9.17, 15) is 4.39 Å². The largest absolute Gasteiger partial charge is 0.381 e. The van der Waals surface area contributed by atoms with Crippen LogP contribution in [-0.2, 0) is 4.74 Å². The molecule has 4 heterocycles. The van der Waals surface area contributed by atoms with Crippen molar-refractivity contribution in [3.05, 3.63) is 71.2 Å². The standard InChI is InChI=1S/C19H17ClFN3O.C6H8N2/c1-11-2-4-15-17(14-5-3-13(20)10-16(14)21)23-18(24-19(15)22-11)12-6-8-25-9-7-12;1-4-7-8(5-1)6-2-3-6/h2-5,10,12H,6-9H2,1H3;1,4-6H,2-3H2. The smallest absolute Gasteiger partial charge is 0.163 e. The van der Waals surface area contributed by atoms with Crippen LogP contribution in [0.5, 0.6) is 0 Å². The lowest BCUT2D eigenvalue weighted by Gasteiger charge is -2.21. The predicted molar refractivity (Wildman–Crippen MR) is 126 cm³/mol. The monoisotopic (exact) mass is 465 g/mol. The second-order valence-corrected chi connectivity index (χ2v) is 8.92. The van der Waals surface area contributed by atoms with E-state index in [0.717, 1.165) is 30.0 Å². The SMILES string of the molecule is Cc1ccc2c(-c3ccc(Cl)cc3F)nc(C3CCOCC3)nc2n1.c1cnn(C2CC2)c1. The second-order valence-electron chi connectivity index (χ2n) is 8.48. The molecule has 33 heavy (non-hydrogen) atoms. The van der Waals surface area contributed by atoms with Crippen molar-refractivity contribution in [2.75, 3.05) is 13.2 Å². The Morgan fingerprint density at radius 3 is 2.55 bits per heavy atom. The van der Waals surface area contributed by atoms with E-state index in [1.807, 2.05) is 42.2 Å². The summed E-state index contributed by atoms with van der Waals surface area (Å²) in [5, 5.41) is 5.19. The van der Waals surface area contributed by atoms with E-state index in [0.29, 0.717) is 41.0 Å². The highest BCUT2D eigenvalue weighted by atomic mass is 35.5. The van der Waals surface area contributed by atoms with Gasteiger partial charge in [-0.3, -0.25) is 4.68 Å². The zero-order chi connectivity index (χ0) is 22.8. The fraction of sp³-hybridized carbons (Fsp3) is 0.360. The lowest BCUT2D eigenvalue weighted by Crippen LogP contribution is -2.17. The third-order valence-electron chi connectivity index (χ3n) is 5.93. The molecule has 0 unspecified atom stereocenters. The lowest BCUT2D eigenvalue weighted by molar-refractivity contribution is 0.0836. The van der Waals surface area contributed by atoms with Crippen molar-refractivity contribution in [2.24, 2.45) is 0 Å². The van der Waals surface area contributed by atoms with Gasteiger partial charge in [-0.15, -0.1) is 0 Å². The Balaban J connectivity index is 0.000000238. The highest BCUT2D eigenvalue weighted by Crippen LogP contribution is 2.34. The van der Waals surface area contributed by atoms with Crippen LogP contribution in [0.25, 0.3) is 22.3 Å². The molecule has 6 rings (SSSR count). The summed E-state index contributed by atoms with van der Waals surface area (Å²) in [6.07, 6.45) is 8.22. The molecule has 1 saturated carbocycles. The Bertz CT molecular complexity index is 1250. The molecule has 1 aliphatic heterocycles. The molecule has 0 radical (unpaired) electrons. The van der Waals surface area contributed by atoms with Gasteiger partial charge in [0, 0.05) is 53.2 Å². The Hall–Kier alpha value is -2.90. The second kappa shape index (κ2) is 9.53. The molecule has 1 aliphatic carbocycles. The Morgan fingerprint density at radius 1 is 1.03 bits per heavy atom. The summed E-state index contributed by atoms with van der Waals surface area (Å²) < 4.78 is 22.0. The van der Waals surface area contributed by atoms with Crippen LogP contribution in [0.3, 0.4) is 0 Å². The summed E-state index contributed by atoms with van der Waals surface area (Å²) in [6, 6.07) is 11.1. The van der Waals surface area contributed by atoms with Crippen LogP contribution in [0.15, 0.2) is 48.8 Å². The molecular weight excluding hydrogens is 441 g/mol. The van der Waals surface area contributed by atoms with Gasteiger partial charge in [-0.1, -0.05) is 11.6 Å². The molecular formula is C25H25ClFN5O. The summed E-state index contributed by atoms with van der Waals surface area (Å²) >= 11 is 5.90. The molecule has 0 amide bonds. The average Bonchev–Trinajstić information content (AvgIpc) is 3.53. The Kier molecular flexibility index (Phi) is 6.33. The maximum Gasteiger partial charge on any atom is 0.163 e. The van der Waals surface area contributed by atoms with E-state index in [4.69, 9.17) is 21.3 Å². The number of ether oxygens (including phenoxy) is 1. The van der Waals surface area contributed by atoms with Gasteiger partial charge in [0.1, 0.15) is 11.6 Å². The van der Waals surface area contributed by atoms with Crippen molar-refractivity contribution >= 4 is 22.6 Å². The first-order chi connectivity index (χ1) is 16.1. The molecule has 4 aromatic rings. The number of pyridine rings is 1. The van der Waals surface area contributed by atoms with Crippen molar-refractivity contribution in [2.45, 2.75) is 44.6 Å². The lowest BCUT2D eigenvalue weighted by atomic mass is 9.98. The topological polar surface area (TPSA) is 65.7 Å². The molecule has 0 bridgehead atoms. The first-order valence-corrected chi connectivity index (χ1v) is 11.6. The summed E-state index contributed by atoms with van der Waals surface area (Å²) in [5.41, 5.74) is 2.44. The van der Waals surface area contributed by atoms with E-state index in [2.05, 4.69) is 15.1 Å². The summed E-state index contributed by atoms with van der Waals surface area (Å²) in [4.78, 5) is 13.9. The van der Waals surface area contributed by atoms with Gasteiger partial charge in [-0.25, -0.2) is 19.3 Å². The molecule has 1 aromatic carbocycles. The maximum atomic E-state index is 14.5. The summed E-state index contributed by atoms with van der Waals surface area (Å²) in [7, 11) is 0. The van der Waals surface area contributed by atoms with Gasteiger partial charge in [0.2, 0.25) is 0 Å². The van der Waals surface area contributed by atoms with Gasteiger partial charge >= 0.3 is 0 Å². The minimum atomic E-state index is -0.397. The van der Waals surface area contributed by atoms with Crippen molar-refractivity contribution in [3.8, 4) is 11.3 Å². The van der Waals surface area contributed by atoms with E-state index in [1.54, 1.807) is 12.1 Å². The van der Waals surface area contributed by atoms with E-state index in [-0.39, 0.29) is 5.92 Å². The van der Waals surface area contributed by atoms with Gasteiger partial charge in [-0.05, 0) is 69.0 Å². The summed E-state index contributed by atoms with van der Waals surface area (Å²) in [6.45, 7) is 3.30. The predicted octanol–water partition coefficient (Wildman–Crippen LogP) is 5.90. The van der Waals surface area contributed by atoms with Gasteiger partial charge in [0.05, 0.1) is 11.7 Å². The number of rotatable bonds is 3. The van der Waals surface area contributed by atoms with Crippen molar-refractivity contribution < 1.29 is 9.13 Å². The fourth-order valence-corrected chi connectivity index (χ4v) is 4.14. The molecule has 6 nitrogen and oxygen atoms in total. The Morgan fingerprint density at radius 2 is 1.85 bits per heavy atom. The highest BCUT2D eigenvalue weighted by molar-refractivity contribution is 6.30. The number of hydrogen-bond acceptors (Lipinski definition) is 5. The highest BCUT2D eigenvalue weighted by Gasteiger charge is 2.23. The molecule has 2 fully saturated rings. The minimum absolute atomic E-state index is 0.203. The van der Waals surface area contributed by atoms with Crippen LogP contribution in [-0.4, -0.2) is 37.9 Å². The third kappa shape index (κ3) is 5.04. The molecule has 0 N–H and O–H groups in total. The van der Waals surface area contributed by atoms with Crippen LogP contribution in [0.4, 0.5) is 4.39 Å². The maximum absolute atomic E-state index is 14.5. The van der Waals surface area contributed by atoms with Gasteiger partial charge in [-0.2, -0.15) is 5.10 Å². The normalized spacial score (nSPS) is 16.5. The molecule has 2 aliphatic rings. The molecule has 170 valence electrons. The zero-order valence-corrected chi connectivity index (χ0v) is 19.2. The third-order valence-corrected chi connectivity index (χ3v) is 6.17. The molecule has 0 atom stereocenters. The van der Waals surface area contributed by atoms with Gasteiger partial charge < -0.3 is 4.74 Å². The summed E-state index contributed by atoms with van der Waals surface area (Å²) in [5.74, 6) is 0.513. The quantitative estimate of drug-likeness (QED) is 0.376. The van der Waals surface area contributed by atoms with Crippen LogP contribution in [0, 0.1) is 12.7 Å². The van der Waals surface area contributed by atoms with Crippen molar-refractivity contribution in [1.29, 1.82) is 0 Å². The average molecular weight is 466 g/mol. The number of halogens is 2. The number of aryl methyl sites for hydroxylation is 1. The van der Waals surface area contributed by atoms with Crippen molar-refractivity contribution in [3.63, 3.8) is 0 Å². The minimum Gasteiger partial charge on any atom is -0.381 e. The van der Waals surface area contributed by atoms with E-state index in [1.165, 1.54) is 18.9 Å². The van der Waals surface area contributed by atoms with Crippen molar-refractivity contribution in [1.82, 2.24) is 24.7 Å². The first kappa shape index (κ1) is 21.9. The fourth-order valence-electron chi connectivity index (χ4n) is 3.98. The zero-order valence-electron chi connectivity index (χ0n) is 18.4. The number of nitrogens with zero attached hydrogens (tertiary/aromatic N) is 5. The number of aromatic nitrogens is 5. The Labute approximate surface area is 196 Å². The molecule has 0 spiro atoms. The van der Waals surface area contributed by atoms with Gasteiger partial charge in [0.15, 0.2) is 5.65 Å². The first-order valence-electron chi connectivity index (χ1n) is 11.3. The van der Waals surface area contributed by atoms with E-state index < -0.39 is 5.82 Å². The molecule has 1 saturated heterocycles. The molecule has 8 heteroatoms. The number of fused-ring (bicyclic) bond motifs is 1. The van der Waals surface area contributed by atoms with Crippen LogP contribution in [0.1, 0.15) is 49.2 Å². The van der Waals surface area contributed by atoms with Crippen LogP contribution < -0.4 is 0 Å². The van der Waals surface area contributed by atoms with Crippen LogP contribution in [0.2, 0.25) is 5.02 Å². The molecule has 3 aromatic heterocycles. The van der Waals surface area contributed by atoms with Gasteiger partial charge in [0.25, 0.3) is 0 Å².